The van der Waals surface area contributed by atoms with Crippen LogP contribution in [0.4, 0.5) is 13.2 Å². The first-order valence-corrected chi connectivity index (χ1v) is 6.44. The summed E-state index contributed by atoms with van der Waals surface area (Å²) in [6.07, 6.45) is -4.29. The molecule has 0 spiro atoms. The van der Waals surface area contributed by atoms with Crippen molar-refractivity contribution in [1.29, 1.82) is 0 Å². The number of rotatable bonds is 3. The van der Waals surface area contributed by atoms with E-state index in [-0.39, 0.29) is 11.0 Å². The van der Waals surface area contributed by atoms with E-state index in [1.54, 1.807) is 12.1 Å². The van der Waals surface area contributed by atoms with Gasteiger partial charge in [-0.05, 0) is 23.1 Å². The smallest absolute Gasteiger partial charge is 0.302 e. The topological polar surface area (TPSA) is 12.0 Å². The maximum atomic E-state index is 13.0. The van der Waals surface area contributed by atoms with Crippen molar-refractivity contribution in [3.8, 4) is 0 Å². The maximum Gasteiger partial charge on any atom is 0.407 e. The summed E-state index contributed by atoms with van der Waals surface area (Å²) in [5.41, 5.74) is 0.0359. The van der Waals surface area contributed by atoms with Gasteiger partial charge < -0.3 is 5.32 Å². The molecule has 0 fully saturated rings. The summed E-state index contributed by atoms with van der Waals surface area (Å²) in [5, 5.41) is 2.60. The second-order valence-corrected chi connectivity index (χ2v) is 6.38. The van der Waals surface area contributed by atoms with Crippen LogP contribution in [0, 0.1) is 5.41 Å². The summed E-state index contributed by atoms with van der Waals surface area (Å²) in [5.74, 6) is 0. The monoisotopic (exact) mass is 323 g/mol. The molecule has 0 aliphatic heterocycles. The first-order valence-electron chi connectivity index (χ1n) is 5.65. The molecule has 1 aromatic rings. The molecule has 1 unspecified atom stereocenters. The molecule has 0 saturated heterocycles. The molecule has 0 amide bonds. The van der Waals surface area contributed by atoms with E-state index in [2.05, 4.69) is 21.2 Å². The second-order valence-electron chi connectivity index (χ2n) is 5.47. The van der Waals surface area contributed by atoms with E-state index in [1.807, 2.05) is 20.8 Å². The van der Waals surface area contributed by atoms with Crippen LogP contribution in [0.5, 0.6) is 0 Å². The van der Waals surface area contributed by atoms with E-state index in [0.29, 0.717) is 6.54 Å². The second kappa shape index (κ2) is 5.61. The number of alkyl halides is 3. The van der Waals surface area contributed by atoms with Crippen molar-refractivity contribution < 1.29 is 13.2 Å². The van der Waals surface area contributed by atoms with Gasteiger partial charge in [0.2, 0.25) is 0 Å². The molecule has 0 bridgehead atoms. The molecule has 0 aromatic heterocycles. The normalized spacial score (nSPS) is 14.6. The quantitative estimate of drug-likeness (QED) is 0.851. The summed E-state index contributed by atoms with van der Waals surface area (Å²) >= 11 is 3.21. The van der Waals surface area contributed by atoms with E-state index < -0.39 is 12.2 Å². The number of hydrogen-bond acceptors (Lipinski definition) is 1. The summed E-state index contributed by atoms with van der Waals surface area (Å²) < 4.78 is 39.8. The van der Waals surface area contributed by atoms with Gasteiger partial charge in [0, 0.05) is 11.0 Å². The lowest BCUT2D eigenvalue weighted by molar-refractivity contribution is -0.158. The molecule has 5 heteroatoms. The molecule has 0 aliphatic carbocycles. The van der Waals surface area contributed by atoms with E-state index in [1.165, 1.54) is 12.1 Å². The Labute approximate surface area is 114 Å². The summed E-state index contributed by atoms with van der Waals surface area (Å²) in [6.45, 7) is 5.99. The Bertz CT molecular complexity index is 379. The first-order chi connectivity index (χ1) is 8.09. The van der Waals surface area contributed by atoms with E-state index in [9.17, 15) is 13.2 Å². The molecule has 102 valence electrons. The van der Waals surface area contributed by atoms with Crippen molar-refractivity contribution in [2.45, 2.75) is 33.0 Å². The number of hydrogen-bond donors (Lipinski definition) is 1. The largest absolute Gasteiger partial charge is 0.407 e. The molecule has 1 atom stereocenters. The van der Waals surface area contributed by atoms with Crippen LogP contribution >= 0.6 is 15.9 Å². The fourth-order valence-electron chi connectivity index (χ4n) is 1.49. The molecule has 18 heavy (non-hydrogen) atoms. The predicted molar refractivity (Wildman–Crippen MR) is 70.4 cm³/mol. The van der Waals surface area contributed by atoms with E-state index in [0.717, 1.165) is 4.47 Å². The number of halogens is 4. The maximum absolute atomic E-state index is 13.0. The van der Waals surface area contributed by atoms with Crippen LogP contribution < -0.4 is 5.32 Å². The van der Waals surface area contributed by atoms with Crippen LogP contribution in [0.15, 0.2) is 28.7 Å². The van der Waals surface area contributed by atoms with Gasteiger partial charge >= 0.3 is 6.18 Å². The zero-order chi connectivity index (χ0) is 14.0. The first kappa shape index (κ1) is 15.5. The Morgan fingerprint density at radius 2 is 1.61 bits per heavy atom. The zero-order valence-corrected chi connectivity index (χ0v) is 12.2. The van der Waals surface area contributed by atoms with Crippen molar-refractivity contribution in [1.82, 2.24) is 5.32 Å². The third-order valence-corrected chi connectivity index (χ3v) is 2.90. The average molecular weight is 324 g/mol. The minimum atomic E-state index is -4.29. The summed E-state index contributed by atoms with van der Waals surface area (Å²) in [7, 11) is 0. The van der Waals surface area contributed by atoms with Gasteiger partial charge in [-0.3, -0.25) is 0 Å². The van der Waals surface area contributed by atoms with Gasteiger partial charge in [-0.1, -0.05) is 48.8 Å². The van der Waals surface area contributed by atoms with Gasteiger partial charge in [0.05, 0.1) is 0 Å². The van der Waals surface area contributed by atoms with Crippen LogP contribution in [0.2, 0.25) is 0 Å². The molecule has 0 radical (unpaired) electrons. The Balaban J connectivity index is 2.89. The standard InChI is InChI=1S/C13H17BrF3N/c1-12(2,3)8-18-11(13(15,16)17)9-4-6-10(14)7-5-9/h4-7,11,18H,8H2,1-3H3. The van der Waals surface area contributed by atoms with E-state index in [4.69, 9.17) is 0 Å². The van der Waals surface area contributed by atoms with Crippen LogP contribution in [0.3, 0.4) is 0 Å². The third kappa shape index (κ3) is 4.98. The SMILES string of the molecule is CC(C)(C)CNC(c1ccc(Br)cc1)C(F)(F)F. The van der Waals surface area contributed by atoms with Gasteiger partial charge in [0.1, 0.15) is 6.04 Å². The fourth-order valence-corrected chi connectivity index (χ4v) is 1.75. The van der Waals surface area contributed by atoms with Gasteiger partial charge in [-0.15, -0.1) is 0 Å². The highest BCUT2D eigenvalue weighted by Crippen LogP contribution is 2.33. The van der Waals surface area contributed by atoms with Crippen molar-refractivity contribution >= 4 is 15.9 Å². The number of nitrogens with one attached hydrogen (secondary N) is 1. The molecule has 1 N–H and O–H groups in total. The summed E-state index contributed by atoms with van der Waals surface area (Å²) in [6, 6.07) is 4.58. The van der Waals surface area contributed by atoms with Crippen molar-refractivity contribution in [2.75, 3.05) is 6.54 Å². The van der Waals surface area contributed by atoms with Crippen LogP contribution in [0.25, 0.3) is 0 Å². The molecule has 0 saturated carbocycles. The molecule has 0 aliphatic rings. The number of benzene rings is 1. The van der Waals surface area contributed by atoms with Crippen molar-refractivity contribution in [2.24, 2.45) is 5.41 Å². The van der Waals surface area contributed by atoms with Crippen molar-refractivity contribution in [3.63, 3.8) is 0 Å². The minimum absolute atomic E-state index is 0.196. The zero-order valence-electron chi connectivity index (χ0n) is 10.6. The van der Waals surface area contributed by atoms with Crippen LogP contribution in [0.1, 0.15) is 32.4 Å². The van der Waals surface area contributed by atoms with Gasteiger partial charge in [0.15, 0.2) is 0 Å². The Morgan fingerprint density at radius 3 is 2.00 bits per heavy atom. The van der Waals surface area contributed by atoms with Gasteiger partial charge in [-0.25, -0.2) is 0 Å². The Morgan fingerprint density at radius 1 is 1.11 bits per heavy atom. The highest BCUT2D eigenvalue weighted by atomic mass is 79.9. The van der Waals surface area contributed by atoms with Gasteiger partial charge in [-0.2, -0.15) is 13.2 Å². The minimum Gasteiger partial charge on any atom is -0.302 e. The predicted octanol–water partition coefficient (Wildman–Crippen LogP) is 4.69. The lowest BCUT2D eigenvalue weighted by atomic mass is 9.95. The molecule has 1 nitrogen and oxygen atoms in total. The molecule has 1 aromatic carbocycles. The van der Waals surface area contributed by atoms with E-state index >= 15 is 0 Å². The lowest BCUT2D eigenvalue weighted by Crippen LogP contribution is -2.38. The van der Waals surface area contributed by atoms with Crippen LogP contribution in [-0.4, -0.2) is 12.7 Å². The molecule has 0 heterocycles. The van der Waals surface area contributed by atoms with Gasteiger partial charge in [0.25, 0.3) is 0 Å². The lowest BCUT2D eigenvalue weighted by Gasteiger charge is -2.27. The molecule has 1 rings (SSSR count). The fraction of sp³-hybridized carbons (Fsp3) is 0.538. The van der Waals surface area contributed by atoms with Crippen molar-refractivity contribution in [3.05, 3.63) is 34.3 Å². The van der Waals surface area contributed by atoms with Crippen LogP contribution in [-0.2, 0) is 0 Å². The Kier molecular flexibility index (Phi) is 4.84. The summed E-state index contributed by atoms with van der Waals surface area (Å²) in [4.78, 5) is 0. The average Bonchev–Trinajstić information content (AvgIpc) is 2.17. The Hall–Kier alpha value is -0.550. The molecular formula is C13H17BrF3N. The highest BCUT2D eigenvalue weighted by molar-refractivity contribution is 9.10. The highest BCUT2D eigenvalue weighted by Gasteiger charge is 2.40. The molecular weight excluding hydrogens is 307 g/mol. The third-order valence-electron chi connectivity index (χ3n) is 2.37.